The summed E-state index contributed by atoms with van der Waals surface area (Å²) in [5, 5.41) is 2.91. The number of hydrogen-bond donors (Lipinski definition) is 1. The average Bonchev–Trinajstić information content (AvgIpc) is 3.20. The van der Waals surface area contributed by atoms with Gasteiger partial charge in [0.25, 0.3) is 5.91 Å². The second kappa shape index (κ2) is 8.37. The van der Waals surface area contributed by atoms with E-state index < -0.39 is 0 Å². The zero-order chi connectivity index (χ0) is 17.5. The van der Waals surface area contributed by atoms with Crippen LogP contribution in [0.25, 0.3) is 0 Å². The van der Waals surface area contributed by atoms with E-state index in [0.717, 1.165) is 5.75 Å². The lowest BCUT2D eigenvalue weighted by Gasteiger charge is -2.31. The number of rotatable bonds is 6. The number of carbonyl (C=O) groups excluding carboxylic acids is 2. The van der Waals surface area contributed by atoms with E-state index in [1.165, 1.54) is 12.5 Å². The molecule has 1 aromatic carbocycles. The molecule has 2 amide bonds. The van der Waals surface area contributed by atoms with E-state index in [9.17, 15) is 9.59 Å². The van der Waals surface area contributed by atoms with Gasteiger partial charge in [0.1, 0.15) is 18.6 Å². The van der Waals surface area contributed by atoms with Crippen molar-refractivity contribution in [3.63, 3.8) is 0 Å². The third-order valence-corrected chi connectivity index (χ3v) is 4.33. The Morgan fingerprint density at radius 2 is 1.92 bits per heavy atom. The summed E-state index contributed by atoms with van der Waals surface area (Å²) in [6.45, 7) is 2.08. The van der Waals surface area contributed by atoms with Gasteiger partial charge in [-0.3, -0.25) is 9.59 Å². The SMILES string of the molecule is O=C(NCCOc1ccccc1)C1CCN(C(=O)c2ccoc2)CC1. The minimum Gasteiger partial charge on any atom is -0.492 e. The van der Waals surface area contributed by atoms with Crippen molar-refractivity contribution in [2.75, 3.05) is 26.2 Å². The molecule has 132 valence electrons. The molecule has 1 fully saturated rings. The van der Waals surface area contributed by atoms with Crippen LogP contribution in [0.1, 0.15) is 23.2 Å². The number of amides is 2. The fourth-order valence-electron chi connectivity index (χ4n) is 2.92. The quantitative estimate of drug-likeness (QED) is 0.818. The summed E-state index contributed by atoms with van der Waals surface area (Å²) in [5.41, 5.74) is 0.556. The fourth-order valence-corrected chi connectivity index (χ4v) is 2.92. The van der Waals surface area contributed by atoms with Crippen molar-refractivity contribution in [3.05, 3.63) is 54.5 Å². The molecule has 1 aliphatic rings. The monoisotopic (exact) mass is 342 g/mol. The molecule has 0 atom stereocenters. The van der Waals surface area contributed by atoms with Gasteiger partial charge in [0.05, 0.1) is 18.4 Å². The van der Waals surface area contributed by atoms with Gasteiger partial charge in [0, 0.05) is 19.0 Å². The van der Waals surface area contributed by atoms with Crippen LogP contribution in [-0.2, 0) is 4.79 Å². The smallest absolute Gasteiger partial charge is 0.257 e. The normalized spacial score (nSPS) is 15.0. The molecule has 1 aliphatic heterocycles. The van der Waals surface area contributed by atoms with Gasteiger partial charge in [-0.05, 0) is 31.0 Å². The Hall–Kier alpha value is -2.76. The second-order valence-electron chi connectivity index (χ2n) is 6.03. The van der Waals surface area contributed by atoms with Crippen molar-refractivity contribution in [2.45, 2.75) is 12.8 Å². The number of ether oxygens (including phenoxy) is 1. The van der Waals surface area contributed by atoms with E-state index in [4.69, 9.17) is 9.15 Å². The predicted octanol–water partition coefficient (Wildman–Crippen LogP) is 2.33. The largest absolute Gasteiger partial charge is 0.492 e. The molecule has 0 bridgehead atoms. The highest BCUT2D eigenvalue weighted by Crippen LogP contribution is 2.19. The lowest BCUT2D eigenvalue weighted by Crippen LogP contribution is -2.43. The lowest BCUT2D eigenvalue weighted by atomic mass is 9.95. The van der Waals surface area contributed by atoms with Crippen molar-refractivity contribution in [1.29, 1.82) is 0 Å². The molecule has 6 heteroatoms. The zero-order valence-corrected chi connectivity index (χ0v) is 14.0. The van der Waals surface area contributed by atoms with Gasteiger partial charge in [0.2, 0.25) is 5.91 Å². The Morgan fingerprint density at radius 3 is 2.60 bits per heavy atom. The van der Waals surface area contributed by atoms with Crippen LogP contribution in [0.3, 0.4) is 0 Å². The maximum atomic E-state index is 12.2. The predicted molar refractivity (Wildman–Crippen MR) is 92.3 cm³/mol. The number of nitrogens with zero attached hydrogens (tertiary/aromatic N) is 1. The maximum Gasteiger partial charge on any atom is 0.257 e. The summed E-state index contributed by atoms with van der Waals surface area (Å²) in [4.78, 5) is 26.2. The van der Waals surface area contributed by atoms with Crippen molar-refractivity contribution < 1.29 is 18.7 Å². The summed E-state index contributed by atoms with van der Waals surface area (Å²) in [5.74, 6) is 0.740. The molecule has 0 spiro atoms. The first-order chi connectivity index (χ1) is 12.2. The van der Waals surface area contributed by atoms with E-state index in [1.54, 1.807) is 11.0 Å². The van der Waals surface area contributed by atoms with Gasteiger partial charge in [-0.25, -0.2) is 0 Å². The number of furan rings is 1. The highest BCUT2D eigenvalue weighted by Gasteiger charge is 2.27. The molecule has 0 saturated carbocycles. The van der Waals surface area contributed by atoms with Crippen molar-refractivity contribution >= 4 is 11.8 Å². The van der Waals surface area contributed by atoms with E-state index in [2.05, 4.69) is 5.32 Å². The summed E-state index contributed by atoms with van der Waals surface area (Å²) in [6, 6.07) is 11.2. The van der Waals surface area contributed by atoms with Crippen LogP contribution in [-0.4, -0.2) is 43.0 Å². The average molecular weight is 342 g/mol. The van der Waals surface area contributed by atoms with E-state index in [0.29, 0.717) is 44.6 Å². The van der Waals surface area contributed by atoms with Crippen LogP contribution in [0.4, 0.5) is 0 Å². The van der Waals surface area contributed by atoms with Gasteiger partial charge in [-0.2, -0.15) is 0 Å². The number of para-hydroxylation sites is 1. The van der Waals surface area contributed by atoms with Crippen molar-refractivity contribution in [2.24, 2.45) is 5.92 Å². The van der Waals surface area contributed by atoms with Crippen LogP contribution in [0, 0.1) is 5.92 Å². The van der Waals surface area contributed by atoms with Crippen LogP contribution in [0.15, 0.2) is 53.3 Å². The minimum atomic E-state index is -0.0508. The molecule has 1 aromatic heterocycles. The molecule has 6 nitrogen and oxygen atoms in total. The highest BCUT2D eigenvalue weighted by atomic mass is 16.5. The summed E-state index contributed by atoms with van der Waals surface area (Å²) < 4.78 is 10.5. The molecule has 0 unspecified atom stereocenters. The zero-order valence-electron chi connectivity index (χ0n) is 14.0. The first-order valence-corrected chi connectivity index (χ1v) is 8.51. The third kappa shape index (κ3) is 4.62. The number of likely N-dealkylation sites (tertiary alicyclic amines) is 1. The van der Waals surface area contributed by atoms with E-state index >= 15 is 0 Å². The fraction of sp³-hybridized carbons (Fsp3) is 0.368. The molecule has 0 radical (unpaired) electrons. The molecular formula is C19H22N2O4. The van der Waals surface area contributed by atoms with Gasteiger partial charge >= 0.3 is 0 Å². The first-order valence-electron chi connectivity index (χ1n) is 8.51. The van der Waals surface area contributed by atoms with Crippen molar-refractivity contribution in [1.82, 2.24) is 10.2 Å². The summed E-state index contributed by atoms with van der Waals surface area (Å²) in [6.07, 6.45) is 4.29. The Kier molecular flexibility index (Phi) is 5.72. The van der Waals surface area contributed by atoms with Gasteiger partial charge in [-0.15, -0.1) is 0 Å². The van der Waals surface area contributed by atoms with Crippen LogP contribution in [0.2, 0.25) is 0 Å². The number of nitrogens with one attached hydrogen (secondary N) is 1. The number of benzene rings is 1. The Labute approximate surface area is 146 Å². The molecule has 2 heterocycles. The molecular weight excluding hydrogens is 320 g/mol. The molecule has 1 saturated heterocycles. The summed E-state index contributed by atoms with van der Waals surface area (Å²) in [7, 11) is 0. The van der Waals surface area contributed by atoms with Crippen LogP contribution < -0.4 is 10.1 Å². The maximum absolute atomic E-state index is 12.2. The number of piperidine rings is 1. The summed E-state index contributed by atoms with van der Waals surface area (Å²) >= 11 is 0. The van der Waals surface area contributed by atoms with Gasteiger partial charge in [-0.1, -0.05) is 18.2 Å². The third-order valence-electron chi connectivity index (χ3n) is 4.33. The Bertz CT molecular complexity index is 677. The first kappa shape index (κ1) is 17.1. The number of carbonyl (C=O) groups is 2. The molecule has 1 N–H and O–H groups in total. The molecule has 0 aliphatic carbocycles. The Balaban J connectivity index is 1.36. The van der Waals surface area contributed by atoms with Crippen LogP contribution in [0.5, 0.6) is 5.75 Å². The van der Waals surface area contributed by atoms with E-state index in [1.807, 2.05) is 30.3 Å². The Morgan fingerprint density at radius 1 is 1.16 bits per heavy atom. The lowest BCUT2D eigenvalue weighted by molar-refractivity contribution is -0.126. The standard InChI is InChI=1S/C19H22N2O4/c22-18(20-9-13-25-17-4-2-1-3-5-17)15-6-10-21(11-7-15)19(23)16-8-12-24-14-16/h1-5,8,12,14-15H,6-7,9-11,13H2,(H,20,22). The topological polar surface area (TPSA) is 71.8 Å². The molecule has 25 heavy (non-hydrogen) atoms. The molecule has 3 rings (SSSR count). The minimum absolute atomic E-state index is 0.0343. The highest BCUT2D eigenvalue weighted by molar-refractivity contribution is 5.94. The van der Waals surface area contributed by atoms with Gasteiger partial charge < -0.3 is 19.4 Å². The van der Waals surface area contributed by atoms with Gasteiger partial charge in [0.15, 0.2) is 0 Å². The van der Waals surface area contributed by atoms with Crippen molar-refractivity contribution in [3.8, 4) is 5.75 Å². The van der Waals surface area contributed by atoms with E-state index in [-0.39, 0.29) is 17.7 Å². The second-order valence-corrected chi connectivity index (χ2v) is 6.03. The molecule has 2 aromatic rings. The van der Waals surface area contributed by atoms with Crippen LogP contribution >= 0.6 is 0 Å². The number of hydrogen-bond acceptors (Lipinski definition) is 4.